The van der Waals surface area contributed by atoms with E-state index in [1.54, 1.807) is 13.0 Å². The Balaban J connectivity index is 1.51. The molecule has 8 heteroatoms. The quantitative estimate of drug-likeness (QED) is 0.120. The lowest BCUT2D eigenvalue weighted by Gasteiger charge is -2.17. The third-order valence-electron chi connectivity index (χ3n) is 8.12. The van der Waals surface area contributed by atoms with Crippen molar-refractivity contribution in [2.24, 2.45) is 0 Å². The van der Waals surface area contributed by atoms with Crippen LogP contribution in [0.4, 0.5) is 13.2 Å². The first-order chi connectivity index (χ1) is 22.9. The van der Waals surface area contributed by atoms with Gasteiger partial charge in [0, 0.05) is 17.3 Å². The summed E-state index contributed by atoms with van der Waals surface area (Å²) in [6, 6.07) is 40.6. The Labute approximate surface area is 278 Å². The zero-order chi connectivity index (χ0) is 34.1. The lowest BCUT2D eigenvalue weighted by molar-refractivity contribution is -0.0500. The topological polar surface area (TPSA) is 56.3 Å². The van der Waals surface area contributed by atoms with Crippen LogP contribution in [-0.2, 0) is 10.1 Å². The van der Waals surface area contributed by atoms with Crippen LogP contribution < -0.4 is 4.18 Å². The van der Waals surface area contributed by atoms with Gasteiger partial charge in [-0.1, -0.05) is 117 Å². The van der Waals surface area contributed by atoms with E-state index >= 15 is 0 Å². The Kier molecular flexibility index (Phi) is 8.95. The van der Waals surface area contributed by atoms with E-state index in [9.17, 15) is 21.6 Å². The predicted molar refractivity (Wildman–Crippen MR) is 186 cm³/mol. The summed E-state index contributed by atoms with van der Waals surface area (Å²) in [5.41, 5.74) is 4.72. The van der Waals surface area contributed by atoms with E-state index < -0.39 is 21.4 Å². The highest BCUT2D eigenvalue weighted by atomic mass is 32.2. The fourth-order valence-corrected chi connectivity index (χ4v) is 6.14. The standard InChI is InChI=1S/C40H32F3NO3S/c1-26(2)31-12-9-13-32(22-31)39-24-37(30-18-16-29(17-19-30)28-10-5-4-6-11-28)38(25-44-39)36-15-8-7-14-35(36)33-20-27(3)21-34(23-33)47-48(45,46)40(41,42)43/h4-26H,1-3H3. The summed E-state index contributed by atoms with van der Waals surface area (Å²) in [4.78, 5) is 4.89. The van der Waals surface area contributed by atoms with Gasteiger partial charge in [0.05, 0.1) is 5.69 Å². The zero-order valence-electron chi connectivity index (χ0n) is 26.5. The van der Waals surface area contributed by atoms with E-state index in [-0.39, 0.29) is 0 Å². The van der Waals surface area contributed by atoms with Crippen molar-refractivity contribution in [2.45, 2.75) is 32.2 Å². The van der Waals surface area contributed by atoms with E-state index in [1.807, 2.05) is 60.8 Å². The largest absolute Gasteiger partial charge is 0.534 e. The molecule has 1 heterocycles. The highest BCUT2D eigenvalue weighted by Gasteiger charge is 2.48. The molecule has 6 aromatic rings. The summed E-state index contributed by atoms with van der Waals surface area (Å²) in [5.74, 6) is -0.0808. The van der Waals surface area contributed by atoms with Gasteiger partial charge in [0.15, 0.2) is 0 Å². The van der Waals surface area contributed by atoms with Crippen molar-refractivity contribution in [2.75, 3.05) is 0 Å². The lowest BCUT2D eigenvalue weighted by atomic mass is 9.88. The molecule has 1 aromatic heterocycles. The van der Waals surface area contributed by atoms with Gasteiger partial charge in [-0.05, 0) is 87.2 Å². The van der Waals surface area contributed by atoms with Gasteiger partial charge in [0.1, 0.15) is 5.75 Å². The normalized spacial score (nSPS) is 11.9. The first-order valence-electron chi connectivity index (χ1n) is 15.4. The molecule has 0 radical (unpaired) electrons. The van der Waals surface area contributed by atoms with Crippen molar-refractivity contribution in [3.63, 3.8) is 0 Å². The molecule has 0 aliphatic carbocycles. The van der Waals surface area contributed by atoms with Gasteiger partial charge in [-0.2, -0.15) is 21.6 Å². The Morgan fingerprint density at radius 3 is 1.92 bits per heavy atom. The van der Waals surface area contributed by atoms with E-state index in [0.29, 0.717) is 22.6 Å². The molecule has 0 aliphatic heterocycles. The molecule has 0 amide bonds. The molecule has 5 aromatic carbocycles. The van der Waals surface area contributed by atoms with Crippen LogP contribution in [0.15, 0.2) is 134 Å². The Morgan fingerprint density at radius 2 is 1.23 bits per heavy atom. The highest BCUT2D eigenvalue weighted by molar-refractivity contribution is 7.88. The van der Waals surface area contributed by atoms with Crippen molar-refractivity contribution in [3.05, 3.63) is 145 Å². The molecule has 6 rings (SSSR count). The van der Waals surface area contributed by atoms with E-state index in [1.165, 1.54) is 17.7 Å². The molecule has 0 unspecified atom stereocenters. The second-order valence-corrected chi connectivity index (χ2v) is 13.4. The molecule has 0 spiro atoms. The Hall–Kier alpha value is -5.21. The van der Waals surface area contributed by atoms with Crippen molar-refractivity contribution in [1.29, 1.82) is 0 Å². The molecule has 0 atom stereocenters. The molecule has 0 saturated heterocycles. The minimum Gasteiger partial charge on any atom is -0.376 e. The number of hydrogen-bond acceptors (Lipinski definition) is 4. The minimum atomic E-state index is -5.84. The molecule has 242 valence electrons. The van der Waals surface area contributed by atoms with Crippen LogP contribution in [0.25, 0.3) is 55.8 Å². The van der Waals surface area contributed by atoms with Crippen LogP contribution in [0.1, 0.15) is 30.9 Å². The number of aromatic nitrogens is 1. The zero-order valence-corrected chi connectivity index (χ0v) is 27.3. The van der Waals surface area contributed by atoms with E-state index in [0.717, 1.165) is 44.6 Å². The second-order valence-electron chi connectivity index (χ2n) is 11.9. The van der Waals surface area contributed by atoms with E-state index in [4.69, 9.17) is 4.98 Å². The number of nitrogens with zero attached hydrogens (tertiary/aromatic N) is 1. The van der Waals surface area contributed by atoms with Crippen molar-refractivity contribution >= 4 is 10.1 Å². The van der Waals surface area contributed by atoms with Gasteiger partial charge in [-0.3, -0.25) is 4.98 Å². The SMILES string of the molecule is Cc1cc(OS(=O)(=O)C(F)(F)F)cc(-c2ccccc2-c2cnc(-c3cccc(C(C)C)c3)cc2-c2ccc(-c3ccccc3)cc2)c1. The van der Waals surface area contributed by atoms with Crippen LogP contribution >= 0.6 is 0 Å². The molecule has 0 bridgehead atoms. The average Bonchev–Trinajstić information content (AvgIpc) is 3.07. The number of alkyl halides is 3. The summed E-state index contributed by atoms with van der Waals surface area (Å²) in [6.07, 6.45) is 1.82. The molecule has 0 N–H and O–H groups in total. The monoisotopic (exact) mass is 663 g/mol. The maximum Gasteiger partial charge on any atom is 0.534 e. The highest BCUT2D eigenvalue weighted by Crippen LogP contribution is 2.41. The van der Waals surface area contributed by atoms with Gasteiger partial charge in [-0.15, -0.1) is 0 Å². The third kappa shape index (κ3) is 6.89. The number of halogens is 3. The van der Waals surface area contributed by atoms with Crippen molar-refractivity contribution in [3.8, 4) is 61.5 Å². The van der Waals surface area contributed by atoms with E-state index in [2.05, 4.69) is 72.6 Å². The van der Waals surface area contributed by atoms with Crippen LogP contribution in [-0.4, -0.2) is 18.9 Å². The first-order valence-corrected chi connectivity index (χ1v) is 16.8. The fraction of sp³-hybridized carbons (Fsp3) is 0.125. The van der Waals surface area contributed by atoms with Crippen molar-refractivity contribution < 1.29 is 25.8 Å². The smallest absolute Gasteiger partial charge is 0.376 e. The molecular formula is C40H32F3NO3S. The van der Waals surface area contributed by atoms with Crippen LogP contribution in [0.3, 0.4) is 0 Å². The Morgan fingerprint density at radius 1 is 0.604 bits per heavy atom. The summed E-state index contributed by atoms with van der Waals surface area (Å²) in [7, 11) is -5.84. The maximum absolute atomic E-state index is 13.2. The molecule has 4 nitrogen and oxygen atoms in total. The molecule has 0 aliphatic rings. The van der Waals surface area contributed by atoms with Gasteiger partial charge < -0.3 is 4.18 Å². The van der Waals surface area contributed by atoms with Gasteiger partial charge in [-0.25, -0.2) is 0 Å². The van der Waals surface area contributed by atoms with Gasteiger partial charge >= 0.3 is 15.6 Å². The summed E-state index contributed by atoms with van der Waals surface area (Å²) in [6.45, 7) is 5.96. The maximum atomic E-state index is 13.2. The van der Waals surface area contributed by atoms with Crippen LogP contribution in [0.2, 0.25) is 0 Å². The second kappa shape index (κ2) is 13.1. The van der Waals surface area contributed by atoms with Crippen LogP contribution in [0.5, 0.6) is 5.75 Å². The van der Waals surface area contributed by atoms with Crippen LogP contribution in [0, 0.1) is 6.92 Å². The minimum absolute atomic E-state index is 0.343. The molecule has 48 heavy (non-hydrogen) atoms. The molecular weight excluding hydrogens is 632 g/mol. The van der Waals surface area contributed by atoms with Gasteiger partial charge in [0.2, 0.25) is 0 Å². The predicted octanol–water partition coefficient (Wildman–Crippen LogP) is 11.1. The number of rotatable bonds is 8. The summed E-state index contributed by atoms with van der Waals surface area (Å²) < 4.78 is 67.7. The number of pyridine rings is 1. The number of hydrogen-bond donors (Lipinski definition) is 0. The molecule has 0 saturated carbocycles. The fourth-order valence-electron chi connectivity index (χ4n) is 5.69. The number of benzene rings is 5. The average molecular weight is 664 g/mol. The summed E-state index contributed by atoms with van der Waals surface area (Å²) >= 11 is 0. The third-order valence-corrected chi connectivity index (χ3v) is 9.10. The lowest BCUT2D eigenvalue weighted by Crippen LogP contribution is -2.28. The van der Waals surface area contributed by atoms with Gasteiger partial charge in [0.25, 0.3) is 0 Å². The Bertz CT molecular complexity index is 2190. The van der Waals surface area contributed by atoms with Crippen molar-refractivity contribution in [1.82, 2.24) is 4.98 Å². The first kappa shape index (κ1) is 32.7. The number of aryl methyl sites for hydroxylation is 1. The summed E-state index contributed by atoms with van der Waals surface area (Å²) in [5, 5.41) is 0. The molecule has 0 fully saturated rings.